The van der Waals surface area contributed by atoms with E-state index in [1.807, 2.05) is 0 Å². The first kappa shape index (κ1) is 17.5. The molecule has 1 heterocycles. The van der Waals surface area contributed by atoms with E-state index in [4.69, 9.17) is 5.73 Å². The molecule has 3 N–H and O–H groups in total. The van der Waals surface area contributed by atoms with Crippen molar-refractivity contribution in [2.24, 2.45) is 5.73 Å². The van der Waals surface area contributed by atoms with Crippen LogP contribution in [0.25, 0.3) is 0 Å². The highest BCUT2D eigenvalue weighted by Gasteiger charge is 2.10. The average Bonchev–Trinajstić information content (AvgIpc) is 2.86. The molecule has 114 valence electrons. The third kappa shape index (κ3) is 5.37. The summed E-state index contributed by atoms with van der Waals surface area (Å²) >= 11 is 1.25. The normalized spacial score (nSPS) is 10.0. The van der Waals surface area contributed by atoms with Crippen LogP contribution in [0.3, 0.4) is 0 Å². The summed E-state index contributed by atoms with van der Waals surface area (Å²) in [6.45, 7) is 0.474. The molecule has 8 heteroatoms. The molecule has 0 unspecified atom stereocenters. The van der Waals surface area contributed by atoms with E-state index in [1.54, 1.807) is 18.2 Å². The smallest absolute Gasteiger partial charge is 0.226 e. The van der Waals surface area contributed by atoms with E-state index >= 15 is 0 Å². The zero-order valence-electron chi connectivity index (χ0n) is 11.2. The average molecular weight is 331 g/mol. The molecule has 1 aromatic heterocycles. The maximum atomic E-state index is 13.5. The van der Waals surface area contributed by atoms with Crippen LogP contribution < -0.4 is 11.1 Å². The van der Waals surface area contributed by atoms with Crippen LogP contribution in [0.5, 0.6) is 0 Å². The Labute approximate surface area is 132 Å². The lowest BCUT2D eigenvalue weighted by atomic mass is 10.1. The van der Waals surface area contributed by atoms with Gasteiger partial charge in [-0.05, 0) is 24.6 Å². The zero-order chi connectivity index (χ0) is 14.4. The molecular formula is C13H16ClFN4OS. The second-order valence-corrected chi connectivity index (χ2v) is 5.27. The summed E-state index contributed by atoms with van der Waals surface area (Å²) in [5.74, 6) is -0.403. The maximum Gasteiger partial charge on any atom is 0.226 e. The Hall–Kier alpha value is -1.57. The molecule has 0 saturated carbocycles. The van der Waals surface area contributed by atoms with E-state index in [2.05, 4.69) is 15.5 Å². The van der Waals surface area contributed by atoms with Gasteiger partial charge in [0.2, 0.25) is 11.0 Å². The van der Waals surface area contributed by atoms with Gasteiger partial charge in [-0.15, -0.1) is 22.6 Å². The number of aromatic nitrogens is 2. The molecule has 1 amide bonds. The Kier molecular flexibility index (Phi) is 7.21. The Morgan fingerprint density at radius 3 is 2.81 bits per heavy atom. The summed E-state index contributed by atoms with van der Waals surface area (Å²) in [6.07, 6.45) is 1.36. The van der Waals surface area contributed by atoms with Crippen LogP contribution in [0.1, 0.15) is 23.4 Å². The first-order valence-electron chi connectivity index (χ1n) is 6.24. The fraction of sp³-hybridized carbons (Fsp3) is 0.308. The molecule has 0 spiro atoms. The second-order valence-electron chi connectivity index (χ2n) is 4.21. The summed E-state index contributed by atoms with van der Waals surface area (Å²) in [5.41, 5.74) is 5.89. The fourth-order valence-electron chi connectivity index (χ4n) is 1.62. The Morgan fingerprint density at radius 1 is 1.33 bits per heavy atom. The van der Waals surface area contributed by atoms with Crippen molar-refractivity contribution in [2.75, 3.05) is 11.9 Å². The molecule has 5 nitrogen and oxygen atoms in total. The van der Waals surface area contributed by atoms with Gasteiger partial charge in [0.25, 0.3) is 0 Å². The number of carbonyl (C=O) groups excluding carboxylic acids is 1. The van der Waals surface area contributed by atoms with Crippen molar-refractivity contribution in [1.82, 2.24) is 10.2 Å². The van der Waals surface area contributed by atoms with Crippen molar-refractivity contribution in [3.8, 4) is 0 Å². The van der Waals surface area contributed by atoms with E-state index in [1.165, 1.54) is 17.4 Å². The number of hydrogen-bond acceptors (Lipinski definition) is 5. The summed E-state index contributed by atoms with van der Waals surface area (Å²) in [7, 11) is 0. The molecule has 0 atom stereocenters. The van der Waals surface area contributed by atoms with Crippen LogP contribution in [-0.2, 0) is 11.2 Å². The quantitative estimate of drug-likeness (QED) is 0.852. The Balaban J connectivity index is 0.00000220. The van der Waals surface area contributed by atoms with Crippen molar-refractivity contribution >= 4 is 34.8 Å². The molecule has 1 aromatic carbocycles. The minimum atomic E-state index is -0.267. The standard InChI is InChI=1S/C13H15FN4OS.ClH/c14-10-5-2-1-4-9(10)8-12-17-18-13(20-12)16-11(19)6-3-7-15;/h1-2,4-5H,3,6-8,15H2,(H,16,18,19);1H. The SMILES string of the molecule is Cl.NCCCC(=O)Nc1nnc(Cc2ccccc2F)s1. The molecule has 0 bridgehead atoms. The van der Waals surface area contributed by atoms with Gasteiger partial charge in [0.05, 0.1) is 0 Å². The van der Waals surface area contributed by atoms with E-state index in [9.17, 15) is 9.18 Å². The number of nitrogens with zero attached hydrogens (tertiary/aromatic N) is 2. The fourth-order valence-corrected chi connectivity index (χ4v) is 2.40. The lowest BCUT2D eigenvalue weighted by molar-refractivity contribution is -0.116. The van der Waals surface area contributed by atoms with Crippen LogP contribution >= 0.6 is 23.7 Å². The van der Waals surface area contributed by atoms with Gasteiger partial charge in [-0.25, -0.2) is 4.39 Å². The molecule has 0 saturated heterocycles. The molecule has 0 aliphatic heterocycles. The number of amides is 1. The highest BCUT2D eigenvalue weighted by molar-refractivity contribution is 7.15. The number of nitrogens with one attached hydrogen (secondary N) is 1. The van der Waals surface area contributed by atoms with Crippen molar-refractivity contribution in [3.05, 3.63) is 40.7 Å². The van der Waals surface area contributed by atoms with Crippen LogP contribution in [0.2, 0.25) is 0 Å². The van der Waals surface area contributed by atoms with Crippen molar-refractivity contribution in [3.63, 3.8) is 0 Å². The zero-order valence-corrected chi connectivity index (χ0v) is 12.8. The third-order valence-electron chi connectivity index (χ3n) is 2.62. The highest BCUT2D eigenvalue weighted by Crippen LogP contribution is 2.20. The van der Waals surface area contributed by atoms with Gasteiger partial charge in [-0.1, -0.05) is 29.5 Å². The molecule has 2 rings (SSSR count). The number of hydrogen-bond donors (Lipinski definition) is 2. The monoisotopic (exact) mass is 330 g/mol. The van der Waals surface area contributed by atoms with Crippen LogP contribution in [0, 0.1) is 5.82 Å². The lowest BCUT2D eigenvalue weighted by Crippen LogP contribution is -2.13. The third-order valence-corrected chi connectivity index (χ3v) is 3.46. The number of halogens is 2. The summed E-state index contributed by atoms with van der Waals surface area (Å²) in [6, 6.07) is 6.53. The molecule has 0 radical (unpaired) electrons. The van der Waals surface area contributed by atoms with Gasteiger partial charge >= 0.3 is 0 Å². The summed E-state index contributed by atoms with van der Waals surface area (Å²) in [5, 5.41) is 11.6. The van der Waals surface area contributed by atoms with Gasteiger partial charge in [-0.2, -0.15) is 0 Å². The van der Waals surface area contributed by atoms with Crippen molar-refractivity contribution in [1.29, 1.82) is 0 Å². The number of benzene rings is 1. The van der Waals surface area contributed by atoms with Crippen molar-refractivity contribution in [2.45, 2.75) is 19.3 Å². The minimum absolute atomic E-state index is 0. The van der Waals surface area contributed by atoms with Gasteiger partial charge in [0.1, 0.15) is 10.8 Å². The molecule has 0 fully saturated rings. The number of rotatable bonds is 6. The number of carbonyl (C=O) groups is 1. The molecule has 0 aliphatic carbocycles. The second kappa shape index (κ2) is 8.66. The largest absolute Gasteiger partial charge is 0.330 e. The van der Waals surface area contributed by atoms with Gasteiger partial charge < -0.3 is 11.1 Å². The van der Waals surface area contributed by atoms with E-state index in [0.717, 1.165) is 0 Å². The maximum absolute atomic E-state index is 13.5. The minimum Gasteiger partial charge on any atom is -0.330 e. The Morgan fingerprint density at radius 2 is 2.10 bits per heavy atom. The van der Waals surface area contributed by atoms with Gasteiger partial charge in [0.15, 0.2) is 0 Å². The van der Waals surface area contributed by atoms with Crippen LogP contribution in [-0.4, -0.2) is 22.6 Å². The summed E-state index contributed by atoms with van der Waals surface area (Å²) in [4.78, 5) is 11.5. The number of anilines is 1. The van der Waals surface area contributed by atoms with E-state index in [-0.39, 0.29) is 24.1 Å². The molecule has 2 aromatic rings. The molecule has 0 aliphatic rings. The van der Waals surface area contributed by atoms with Gasteiger partial charge in [-0.3, -0.25) is 4.79 Å². The van der Waals surface area contributed by atoms with Gasteiger partial charge in [0, 0.05) is 12.8 Å². The highest BCUT2D eigenvalue weighted by atomic mass is 35.5. The molecule has 21 heavy (non-hydrogen) atoms. The van der Waals surface area contributed by atoms with Crippen LogP contribution in [0.15, 0.2) is 24.3 Å². The number of nitrogens with two attached hydrogens (primary N) is 1. The first-order valence-corrected chi connectivity index (χ1v) is 7.06. The first-order chi connectivity index (χ1) is 9.69. The topological polar surface area (TPSA) is 80.9 Å². The van der Waals surface area contributed by atoms with Crippen LogP contribution in [0.4, 0.5) is 9.52 Å². The molecular weight excluding hydrogens is 315 g/mol. The predicted octanol–water partition coefficient (Wildman–Crippen LogP) is 2.37. The Bertz CT molecular complexity index is 593. The van der Waals surface area contributed by atoms with E-state index < -0.39 is 0 Å². The predicted molar refractivity (Wildman–Crippen MR) is 83.3 cm³/mol. The lowest BCUT2D eigenvalue weighted by Gasteiger charge is -1.99. The summed E-state index contributed by atoms with van der Waals surface area (Å²) < 4.78 is 13.5. The van der Waals surface area contributed by atoms with E-state index in [0.29, 0.717) is 41.5 Å². The van der Waals surface area contributed by atoms with Crippen molar-refractivity contribution < 1.29 is 9.18 Å².